The molecule has 1 aliphatic rings. The first kappa shape index (κ1) is 22.0. The van der Waals surface area contributed by atoms with Crippen LogP contribution in [0.15, 0.2) is 65.9 Å². The number of allylic oxidation sites excluding steroid dienone is 1. The molecule has 7 nitrogen and oxygen atoms in total. The molecule has 0 spiro atoms. The largest absolute Gasteiger partial charge is 0.384 e. The molecule has 0 radical (unpaired) electrons. The number of hydrogen-bond acceptors (Lipinski definition) is 5. The Morgan fingerprint density at radius 2 is 2.12 bits per heavy atom. The number of aryl methyl sites for hydroxylation is 2. The number of carbonyl (C=O) groups is 1. The number of nitrogen functional groups attached to an aromatic ring is 1. The van der Waals surface area contributed by atoms with E-state index in [1.807, 2.05) is 48.8 Å². The molecule has 1 aromatic carbocycles. The zero-order valence-corrected chi connectivity index (χ0v) is 18.3. The fourth-order valence-electron chi connectivity index (χ4n) is 3.58. The fourth-order valence-corrected chi connectivity index (χ4v) is 3.58. The van der Waals surface area contributed by atoms with Gasteiger partial charge in [-0.25, -0.2) is 4.98 Å². The van der Waals surface area contributed by atoms with Gasteiger partial charge >= 0.3 is 0 Å². The zero-order valence-electron chi connectivity index (χ0n) is 18.3. The van der Waals surface area contributed by atoms with Crippen molar-refractivity contribution < 1.29 is 4.79 Å². The van der Waals surface area contributed by atoms with Crippen molar-refractivity contribution in [1.29, 1.82) is 0 Å². The van der Waals surface area contributed by atoms with Crippen molar-refractivity contribution in [3.8, 4) is 11.8 Å². The molecule has 0 bridgehead atoms. The summed E-state index contributed by atoms with van der Waals surface area (Å²) in [5.74, 6) is 6.60. The quantitative estimate of drug-likeness (QED) is 0.371. The van der Waals surface area contributed by atoms with Gasteiger partial charge in [0.2, 0.25) is 0 Å². The van der Waals surface area contributed by atoms with Gasteiger partial charge in [-0.3, -0.25) is 14.9 Å². The van der Waals surface area contributed by atoms with Crippen LogP contribution in [0.1, 0.15) is 45.6 Å². The summed E-state index contributed by atoms with van der Waals surface area (Å²) in [5.41, 5.74) is 9.98. The average molecular weight is 439 g/mol. The Balaban J connectivity index is 1.46. The van der Waals surface area contributed by atoms with E-state index in [0.717, 1.165) is 42.4 Å². The molecule has 3 heterocycles. The monoisotopic (exact) mass is 438 g/mol. The smallest absolute Gasteiger partial charge is 0.251 e. The van der Waals surface area contributed by atoms with E-state index in [0.29, 0.717) is 23.6 Å². The SMILES string of the molecule is Nc1cccc(C#Cc2cc(C(=O)NCCCc3cn[nH]c3)ccc2CCC2C=CC=N2)n1. The summed E-state index contributed by atoms with van der Waals surface area (Å²) in [7, 11) is 0. The van der Waals surface area contributed by atoms with Gasteiger partial charge in [0.05, 0.1) is 12.2 Å². The lowest BCUT2D eigenvalue weighted by atomic mass is 9.98. The number of benzene rings is 1. The van der Waals surface area contributed by atoms with Crippen molar-refractivity contribution in [2.75, 3.05) is 12.3 Å². The second kappa shape index (κ2) is 10.9. The molecule has 1 amide bonds. The number of aromatic amines is 1. The predicted octanol–water partition coefficient (Wildman–Crippen LogP) is 3.09. The van der Waals surface area contributed by atoms with Crippen molar-refractivity contribution in [3.05, 3.63) is 88.9 Å². The standard InChI is InChI=1S/C26H26N6O/c27-25-7-1-5-24(32-25)13-11-21-16-22(9-8-20(21)10-12-23-6-3-14-28-23)26(33)29-15-2-4-19-17-30-31-18-19/h1,3,5-9,14,16-18,23H,2,4,10,12,15H2,(H2,27,32)(H,29,33)(H,30,31). The number of amides is 1. The third-order valence-corrected chi connectivity index (χ3v) is 5.36. The topological polar surface area (TPSA) is 109 Å². The summed E-state index contributed by atoms with van der Waals surface area (Å²) in [6.45, 7) is 0.589. The van der Waals surface area contributed by atoms with Crippen LogP contribution in [0.25, 0.3) is 0 Å². The molecule has 2 aromatic heterocycles. The predicted molar refractivity (Wildman–Crippen MR) is 130 cm³/mol. The van der Waals surface area contributed by atoms with Gasteiger partial charge in [-0.15, -0.1) is 0 Å². The summed E-state index contributed by atoms with van der Waals surface area (Å²) in [6.07, 6.45) is 13.0. The molecule has 7 heteroatoms. The van der Waals surface area contributed by atoms with Crippen molar-refractivity contribution in [2.45, 2.75) is 31.7 Å². The first-order valence-corrected chi connectivity index (χ1v) is 11.0. The van der Waals surface area contributed by atoms with Crippen LogP contribution < -0.4 is 11.1 Å². The third kappa shape index (κ3) is 6.40. The highest BCUT2D eigenvalue weighted by Gasteiger charge is 2.11. The number of pyridine rings is 1. The highest BCUT2D eigenvalue weighted by Crippen LogP contribution is 2.17. The molecule has 4 rings (SSSR count). The van der Waals surface area contributed by atoms with E-state index in [-0.39, 0.29) is 11.9 Å². The number of nitrogens with one attached hydrogen (secondary N) is 2. The molecular formula is C26H26N6O. The maximum atomic E-state index is 12.7. The van der Waals surface area contributed by atoms with Gasteiger partial charge in [-0.1, -0.05) is 24.1 Å². The van der Waals surface area contributed by atoms with E-state index in [4.69, 9.17) is 5.73 Å². The molecule has 0 aliphatic carbocycles. The van der Waals surface area contributed by atoms with Crippen LogP contribution in [0, 0.1) is 11.8 Å². The van der Waals surface area contributed by atoms with Crippen LogP contribution in [0.5, 0.6) is 0 Å². The van der Waals surface area contributed by atoms with E-state index < -0.39 is 0 Å². The number of carbonyl (C=O) groups excluding carboxylic acids is 1. The molecule has 1 aliphatic heterocycles. The van der Waals surface area contributed by atoms with Gasteiger partial charge in [0.15, 0.2) is 0 Å². The summed E-state index contributed by atoms with van der Waals surface area (Å²) in [4.78, 5) is 21.4. The van der Waals surface area contributed by atoms with Crippen LogP contribution in [-0.4, -0.2) is 39.9 Å². The second-order valence-electron chi connectivity index (χ2n) is 7.82. The Morgan fingerprint density at radius 1 is 1.18 bits per heavy atom. The van der Waals surface area contributed by atoms with Crippen LogP contribution in [0.2, 0.25) is 0 Å². The maximum absolute atomic E-state index is 12.7. The summed E-state index contributed by atoms with van der Waals surface area (Å²) in [5, 5.41) is 9.73. The van der Waals surface area contributed by atoms with E-state index >= 15 is 0 Å². The minimum absolute atomic E-state index is 0.109. The number of nitrogens with zero attached hydrogens (tertiary/aromatic N) is 3. The molecule has 1 unspecified atom stereocenters. The third-order valence-electron chi connectivity index (χ3n) is 5.36. The van der Waals surface area contributed by atoms with E-state index in [9.17, 15) is 4.79 Å². The van der Waals surface area contributed by atoms with Crippen LogP contribution in [0.4, 0.5) is 5.82 Å². The van der Waals surface area contributed by atoms with Gasteiger partial charge in [0, 0.05) is 30.1 Å². The molecule has 0 fully saturated rings. The molecule has 0 saturated heterocycles. The Morgan fingerprint density at radius 3 is 2.91 bits per heavy atom. The van der Waals surface area contributed by atoms with Gasteiger partial charge in [0.1, 0.15) is 11.5 Å². The maximum Gasteiger partial charge on any atom is 0.251 e. The Kier molecular flexibility index (Phi) is 7.29. The Hall–Kier alpha value is -4.18. The summed E-state index contributed by atoms with van der Waals surface area (Å²) in [6, 6.07) is 11.3. The number of hydrogen-bond donors (Lipinski definition) is 3. The van der Waals surface area contributed by atoms with E-state index in [2.05, 4.69) is 43.4 Å². The number of nitrogens with two attached hydrogens (primary N) is 1. The van der Waals surface area contributed by atoms with Crippen LogP contribution in [-0.2, 0) is 12.8 Å². The Bertz CT molecular complexity index is 1210. The zero-order chi connectivity index (χ0) is 22.9. The van der Waals surface area contributed by atoms with Crippen molar-refractivity contribution >= 4 is 17.9 Å². The minimum atomic E-state index is -0.109. The number of H-pyrrole nitrogens is 1. The number of aromatic nitrogens is 3. The fraction of sp³-hybridized carbons (Fsp3) is 0.231. The van der Waals surface area contributed by atoms with Crippen molar-refractivity contribution in [1.82, 2.24) is 20.5 Å². The molecule has 33 heavy (non-hydrogen) atoms. The lowest BCUT2D eigenvalue weighted by molar-refractivity contribution is 0.0953. The Labute approximate surface area is 193 Å². The lowest BCUT2D eigenvalue weighted by Gasteiger charge is -2.10. The highest BCUT2D eigenvalue weighted by molar-refractivity contribution is 5.94. The number of rotatable bonds is 8. The van der Waals surface area contributed by atoms with Gasteiger partial charge < -0.3 is 11.1 Å². The molecule has 166 valence electrons. The first-order valence-electron chi connectivity index (χ1n) is 11.0. The number of anilines is 1. The molecule has 3 aromatic rings. The lowest BCUT2D eigenvalue weighted by Crippen LogP contribution is -2.25. The van der Waals surface area contributed by atoms with Crippen LogP contribution >= 0.6 is 0 Å². The van der Waals surface area contributed by atoms with Gasteiger partial charge in [-0.2, -0.15) is 5.10 Å². The van der Waals surface area contributed by atoms with Gasteiger partial charge in [0.25, 0.3) is 5.91 Å². The molecule has 4 N–H and O–H groups in total. The molecule has 0 saturated carbocycles. The summed E-state index contributed by atoms with van der Waals surface area (Å²) >= 11 is 0. The van der Waals surface area contributed by atoms with E-state index in [1.54, 1.807) is 12.3 Å². The number of aliphatic imine (C=N–C) groups is 1. The van der Waals surface area contributed by atoms with Gasteiger partial charge in [-0.05, 0) is 73.1 Å². The molecular weight excluding hydrogens is 412 g/mol. The van der Waals surface area contributed by atoms with Crippen molar-refractivity contribution in [3.63, 3.8) is 0 Å². The normalized spacial score (nSPS) is 14.1. The highest BCUT2D eigenvalue weighted by atomic mass is 16.1. The summed E-state index contributed by atoms with van der Waals surface area (Å²) < 4.78 is 0. The van der Waals surface area contributed by atoms with Crippen LogP contribution in [0.3, 0.4) is 0 Å². The average Bonchev–Trinajstić information content (AvgIpc) is 3.54. The minimum Gasteiger partial charge on any atom is -0.384 e. The first-order chi connectivity index (χ1) is 16.2. The second-order valence-corrected chi connectivity index (χ2v) is 7.82. The van der Waals surface area contributed by atoms with E-state index in [1.165, 1.54) is 0 Å². The molecule has 1 atom stereocenters. The van der Waals surface area contributed by atoms with Crippen molar-refractivity contribution in [2.24, 2.45) is 4.99 Å².